The summed E-state index contributed by atoms with van der Waals surface area (Å²) in [6.07, 6.45) is 7.59. The summed E-state index contributed by atoms with van der Waals surface area (Å²) in [5, 5.41) is 3.81. The lowest BCUT2D eigenvalue weighted by Crippen LogP contribution is -2.59. The highest BCUT2D eigenvalue weighted by atomic mass is 16.5. The van der Waals surface area contributed by atoms with Crippen LogP contribution >= 0.6 is 0 Å². The van der Waals surface area contributed by atoms with Gasteiger partial charge in [0.2, 0.25) is 5.91 Å². The fourth-order valence-corrected chi connectivity index (χ4v) is 6.55. The van der Waals surface area contributed by atoms with E-state index in [0.717, 1.165) is 50.7 Å². The molecule has 2 aromatic carbocycles. The van der Waals surface area contributed by atoms with Crippen LogP contribution in [0.2, 0.25) is 0 Å². The Morgan fingerprint density at radius 2 is 1.97 bits per heavy atom. The lowest BCUT2D eigenvalue weighted by molar-refractivity contribution is -0.141. The van der Waals surface area contributed by atoms with Gasteiger partial charge in [-0.1, -0.05) is 49.7 Å². The molecule has 6 bridgehead atoms. The number of amides is 1. The largest absolute Gasteiger partial charge is 0.488 e. The van der Waals surface area contributed by atoms with Crippen molar-refractivity contribution in [3.05, 3.63) is 64.7 Å². The van der Waals surface area contributed by atoms with Gasteiger partial charge in [0.25, 0.3) is 0 Å². The van der Waals surface area contributed by atoms with Crippen LogP contribution in [0.4, 0.5) is 0 Å². The first-order chi connectivity index (χ1) is 17.3. The molecule has 4 heterocycles. The van der Waals surface area contributed by atoms with E-state index in [4.69, 9.17) is 9.47 Å². The van der Waals surface area contributed by atoms with Crippen molar-refractivity contribution in [3.8, 4) is 5.75 Å². The third kappa shape index (κ3) is 5.05. The van der Waals surface area contributed by atoms with Gasteiger partial charge >= 0.3 is 0 Å². The number of nitrogens with one attached hydrogen (secondary N) is 1. The average molecular weight is 491 g/mol. The van der Waals surface area contributed by atoms with Crippen molar-refractivity contribution >= 4 is 5.91 Å². The van der Waals surface area contributed by atoms with Crippen LogP contribution in [0.3, 0.4) is 0 Å². The molecule has 1 saturated heterocycles. The Morgan fingerprint density at radius 3 is 2.75 bits per heavy atom. The highest BCUT2D eigenvalue weighted by Crippen LogP contribution is 2.45. The molecule has 6 rings (SSSR count). The molecular formula is C31H42N2O3. The highest BCUT2D eigenvalue weighted by molar-refractivity contribution is 5.79. The zero-order valence-corrected chi connectivity index (χ0v) is 22.4. The summed E-state index contributed by atoms with van der Waals surface area (Å²) in [4.78, 5) is 15.7. The molecule has 0 radical (unpaired) electrons. The van der Waals surface area contributed by atoms with E-state index in [-0.39, 0.29) is 29.0 Å². The number of methoxy groups -OCH3 is 1. The summed E-state index contributed by atoms with van der Waals surface area (Å²) >= 11 is 0. The van der Waals surface area contributed by atoms with Gasteiger partial charge in [0.05, 0.1) is 12.7 Å². The minimum absolute atomic E-state index is 0.00804. The Morgan fingerprint density at radius 1 is 1.14 bits per heavy atom. The summed E-state index contributed by atoms with van der Waals surface area (Å²) < 4.78 is 11.9. The van der Waals surface area contributed by atoms with Gasteiger partial charge in [-0.3, -0.25) is 10.1 Å². The molecule has 0 aliphatic carbocycles. The second-order valence-corrected chi connectivity index (χ2v) is 11.7. The van der Waals surface area contributed by atoms with E-state index >= 15 is 0 Å². The Balaban J connectivity index is 1.60. The third-order valence-corrected chi connectivity index (χ3v) is 8.68. The van der Waals surface area contributed by atoms with E-state index in [9.17, 15) is 4.79 Å². The molecule has 1 amide bonds. The number of carbonyl (C=O) groups excluding carboxylic acids is 1. The summed E-state index contributed by atoms with van der Waals surface area (Å²) in [7, 11) is 1.74. The van der Waals surface area contributed by atoms with Crippen LogP contribution in [0.1, 0.15) is 99.9 Å². The molecule has 3 atom stereocenters. The van der Waals surface area contributed by atoms with E-state index in [1.54, 1.807) is 7.11 Å². The first-order valence-electron chi connectivity index (χ1n) is 13.8. The van der Waals surface area contributed by atoms with Crippen molar-refractivity contribution in [2.75, 3.05) is 20.4 Å². The molecule has 5 nitrogen and oxygen atoms in total. The van der Waals surface area contributed by atoms with Crippen LogP contribution in [-0.4, -0.2) is 42.3 Å². The maximum Gasteiger partial charge on any atom is 0.225 e. The number of hydrogen-bond acceptors (Lipinski definition) is 4. The number of hydrogen-bond donors (Lipinski definition) is 1. The third-order valence-electron chi connectivity index (χ3n) is 8.68. The van der Waals surface area contributed by atoms with Crippen molar-refractivity contribution in [2.24, 2.45) is 0 Å². The van der Waals surface area contributed by atoms with Crippen molar-refractivity contribution in [1.82, 2.24) is 10.2 Å². The molecule has 0 spiro atoms. The molecule has 2 aromatic rings. The summed E-state index contributed by atoms with van der Waals surface area (Å²) in [6.45, 7) is 7.80. The van der Waals surface area contributed by atoms with Crippen molar-refractivity contribution < 1.29 is 14.3 Å². The number of aryl methyl sites for hydroxylation is 1. The smallest absolute Gasteiger partial charge is 0.225 e. The van der Waals surface area contributed by atoms with Crippen LogP contribution in [-0.2, 0) is 16.0 Å². The zero-order chi connectivity index (χ0) is 25.3. The molecule has 36 heavy (non-hydrogen) atoms. The predicted octanol–water partition coefficient (Wildman–Crippen LogP) is 6.11. The van der Waals surface area contributed by atoms with Gasteiger partial charge in [0.15, 0.2) is 0 Å². The average Bonchev–Trinajstić information content (AvgIpc) is 2.87. The van der Waals surface area contributed by atoms with Crippen LogP contribution in [0.25, 0.3) is 0 Å². The lowest BCUT2D eigenvalue weighted by Gasteiger charge is -2.45. The van der Waals surface area contributed by atoms with Gasteiger partial charge in [-0.25, -0.2) is 0 Å². The molecule has 4 aliphatic heterocycles. The van der Waals surface area contributed by atoms with Crippen LogP contribution in [0.5, 0.6) is 5.75 Å². The molecule has 4 aliphatic rings. The maximum atomic E-state index is 13.6. The summed E-state index contributed by atoms with van der Waals surface area (Å²) in [5.41, 5.74) is 4.84. The number of benzene rings is 2. The SMILES string of the molecule is CCC12CCCCc3ccc4c(c3)C(CC(C)(C)O4)c3cccc(c3)[C@@H](CCOC)N(CN1)C(=O)C2. The second kappa shape index (κ2) is 10.2. The van der Waals surface area contributed by atoms with Gasteiger partial charge < -0.3 is 14.4 Å². The lowest BCUT2D eigenvalue weighted by atomic mass is 9.78. The molecular weight excluding hydrogens is 448 g/mol. The predicted molar refractivity (Wildman–Crippen MR) is 143 cm³/mol. The molecule has 1 fully saturated rings. The Bertz CT molecular complexity index is 1100. The molecule has 1 N–H and O–H groups in total. The quantitative estimate of drug-likeness (QED) is 0.562. The first-order valence-corrected chi connectivity index (χ1v) is 13.8. The monoisotopic (exact) mass is 490 g/mol. The Kier molecular flexibility index (Phi) is 7.15. The summed E-state index contributed by atoms with van der Waals surface area (Å²) in [6, 6.07) is 15.8. The normalized spacial score (nSPS) is 27.6. The fourth-order valence-electron chi connectivity index (χ4n) is 6.55. The van der Waals surface area contributed by atoms with Gasteiger partial charge in [-0.15, -0.1) is 0 Å². The fraction of sp³-hybridized carbons (Fsp3) is 0.581. The number of ether oxygens (including phenoxy) is 2. The van der Waals surface area contributed by atoms with E-state index in [1.807, 2.05) is 0 Å². The van der Waals surface area contributed by atoms with Gasteiger partial charge in [0, 0.05) is 37.2 Å². The van der Waals surface area contributed by atoms with Crippen LogP contribution in [0, 0.1) is 0 Å². The summed E-state index contributed by atoms with van der Waals surface area (Å²) in [5.74, 6) is 1.53. The van der Waals surface area contributed by atoms with Crippen molar-refractivity contribution in [3.63, 3.8) is 0 Å². The van der Waals surface area contributed by atoms with E-state index in [0.29, 0.717) is 19.7 Å². The molecule has 0 saturated carbocycles. The Labute approximate surface area is 216 Å². The standard InChI is InChI=1S/C31H42N2O3/c1-5-31-15-7-6-9-22-12-13-28-25(17-22)26(19-30(2,3)36-28)23-10-8-11-24(18-23)27(14-16-35-4)33(21-32-31)29(34)20-31/h8,10-13,17-18,26-27,32H,5-7,9,14-16,19-21H2,1-4H3/t26?,27-,31?/m1/s1. The van der Waals surface area contributed by atoms with Crippen LogP contribution < -0.4 is 10.1 Å². The van der Waals surface area contributed by atoms with Gasteiger partial charge in [-0.2, -0.15) is 0 Å². The molecule has 194 valence electrons. The topological polar surface area (TPSA) is 50.8 Å². The maximum absolute atomic E-state index is 13.6. The molecule has 2 unspecified atom stereocenters. The number of carbonyl (C=O) groups is 1. The van der Waals surface area contributed by atoms with E-state index in [2.05, 4.69) is 73.5 Å². The van der Waals surface area contributed by atoms with Crippen molar-refractivity contribution in [1.29, 1.82) is 0 Å². The number of fused-ring (bicyclic) bond motifs is 5. The number of rotatable bonds is 4. The second-order valence-electron chi connectivity index (χ2n) is 11.7. The highest BCUT2D eigenvalue weighted by Gasteiger charge is 2.40. The Hall–Kier alpha value is -2.37. The first kappa shape index (κ1) is 25.3. The molecule has 0 aromatic heterocycles. The number of nitrogens with zero attached hydrogens (tertiary/aromatic N) is 1. The minimum Gasteiger partial charge on any atom is -0.488 e. The molecule has 5 heteroatoms. The van der Waals surface area contributed by atoms with Gasteiger partial charge in [0.1, 0.15) is 11.4 Å². The van der Waals surface area contributed by atoms with E-state index in [1.165, 1.54) is 22.3 Å². The van der Waals surface area contributed by atoms with Crippen LogP contribution in [0.15, 0.2) is 42.5 Å². The van der Waals surface area contributed by atoms with Gasteiger partial charge in [-0.05, 0) is 75.1 Å². The van der Waals surface area contributed by atoms with Crippen molar-refractivity contribution in [2.45, 2.75) is 95.2 Å². The minimum atomic E-state index is -0.234. The zero-order valence-electron chi connectivity index (χ0n) is 22.4. The van der Waals surface area contributed by atoms with E-state index < -0.39 is 0 Å².